The predicted molar refractivity (Wildman–Crippen MR) is 116 cm³/mol. The van der Waals surface area contributed by atoms with E-state index in [1.807, 2.05) is 30.3 Å². The Balaban J connectivity index is 1.95. The largest absolute Gasteiger partial charge is 0.475 e. The highest BCUT2D eigenvalue weighted by Gasteiger charge is 2.29. The number of amides is 2. The zero-order valence-corrected chi connectivity index (χ0v) is 17.5. The van der Waals surface area contributed by atoms with Gasteiger partial charge in [0.2, 0.25) is 5.91 Å². The summed E-state index contributed by atoms with van der Waals surface area (Å²) in [7, 11) is -0.319. The fraction of sp³-hybridized carbons (Fsp3) is 0.333. The number of methoxy groups -OCH3 is 1. The van der Waals surface area contributed by atoms with Crippen LogP contribution in [0.5, 0.6) is 0 Å². The number of rotatable bonds is 11. The van der Waals surface area contributed by atoms with Crippen LogP contribution in [0.2, 0.25) is 5.02 Å². The van der Waals surface area contributed by atoms with Gasteiger partial charge in [-0.2, -0.15) is 0 Å². The molecule has 0 bridgehead atoms. The predicted octanol–water partition coefficient (Wildman–Crippen LogP) is 1.60. The number of halogens is 1. The fourth-order valence-corrected chi connectivity index (χ4v) is 3.16. The van der Waals surface area contributed by atoms with Crippen LogP contribution in [-0.2, 0) is 16.0 Å². The minimum absolute atomic E-state index is 0.0730. The zero-order chi connectivity index (χ0) is 21.9. The second-order valence-corrected chi connectivity index (χ2v) is 7.33. The van der Waals surface area contributed by atoms with Gasteiger partial charge in [-0.1, -0.05) is 48.0 Å². The van der Waals surface area contributed by atoms with Crippen LogP contribution in [0.4, 0.5) is 0 Å². The van der Waals surface area contributed by atoms with Gasteiger partial charge in [-0.25, -0.2) is 0 Å². The molecule has 160 valence electrons. The summed E-state index contributed by atoms with van der Waals surface area (Å²) in [6.07, 6.45) is 1.75. The summed E-state index contributed by atoms with van der Waals surface area (Å²) in [5.74, 6) is -1.92. The van der Waals surface area contributed by atoms with Crippen molar-refractivity contribution in [3.8, 4) is 0 Å². The van der Waals surface area contributed by atoms with Gasteiger partial charge in [0, 0.05) is 17.7 Å². The molecular weight excluding hydrogens is 407 g/mol. The summed E-state index contributed by atoms with van der Waals surface area (Å²) in [6, 6.07) is 15.1. The highest BCUT2D eigenvalue weighted by molar-refractivity contribution is 6.43. The van der Waals surface area contributed by atoms with Crippen molar-refractivity contribution in [2.45, 2.75) is 31.2 Å². The second-order valence-electron chi connectivity index (χ2n) is 6.90. The van der Waals surface area contributed by atoms with E-state index in [0.717, 1.165) is 12.0 Å². The highest BCUT2D eigenvalue weighted by atomic mass is 35.5. The molecule has 0 saturated heterocycles. The van der Waals surface area contributed by atoms with Gasteiger partial charge in [-0.3, -0.25) is 9.59 Å². The quantitative estimate of drug-likeness (QED) is 0.403. The van der Waals surface area contributed by atoms with Crippen molar-refractivity contribution in [1.29, 1.82) is 0 Å². The van der Waals surface area contributed by atoms with Crippen LogP contribution in [0, 0.1) is 0 Å². The number of carbonyl (C=O) groups is 2. The van der Waals surface area contributed by atoms with Crippen LogP contribution in [-0.4, -0.2) is 54.7 Å². The molecule has 2 atom stereocenters. The molecule has 0 aliphatic rings. The van der Waals surface area contributed by atoms with Crippen molar-refractivity contribution < 1.29 is 24.4 Å². The Morgan fingerprint density at radius 2 is 1.83 bits per heavy atom. The summed E-state index contributed by atoms with van der Waals surface area (Å²) < 4.78 is 5.04. The van der Waals surface area contributed by atoms with Gasteiger partial charge >= 0.3 is 7.12 Å². The average Bonchev–Trinajstić information content (AvgIpc) is 2.73. The average molecular weight is 433 g/mol. The maximum Gasteiger partial charge on any atom is 0.475 e. The third-order valence-electron chi connectivity index (χ3n) is 4.55. The van der Waals surface area contributed by atoms with E-state index >= 15 is 0 Å². The molecule has 30 heavy (non-hydrogen) atoms. The summed E-state index contributed by atoms with van der Waals surface area (Å²) >= 11 is 5.91. The Morgan fingerprint density at radius 3 is 2.47 bits per heavy atom. The summed E-state index contributed by atoms with van der Waals surface area (Å²) in [4.78, 5) is 25.1. The van der Waals surface area contributed by atoms with Gasteiger partial charge in [0.15, 0.2) is 0 Å². The number of aryl methyl sites for hydroxylation is 1. The van der Waals surface area contributed by atoms with Crippen LogP contribution < -0.4 is 10.6 Å². The topological polar surface area (TPSA) is 108 Å². The first-order valence-electron chi connectivity index (χ1n) is 9.66. The molecule has 7 nitrogen and oxygen atoms in total. The normalized spacial score (nSPS) is 12.7. The Morgan fingerprint density at radius 1 is 1.10 bits per heavy atom. The molecule has 0 aliphatic heterocycles. The minimum Gasteiger partial charge on any atom is -0.426 e. The molecule has 2 amide bonds. The first kappa shape index (κ1) is 23.9. The molecule has 9 heteroatoms. The van der Waals surface area contributed by atoms with E-state index in [1.165, 1.54) is 13.2 Å². The van der Waals surface area contributed by atoms with Crippen molar-refractivity contribution in [3.05, 3.63) is 70.7 Å². The Bertz CT molecular complexity index is 822. The summed E-state index contributed by atoms with van der Waals surface area (Å²) in [5, 5.41) is 24.9. The fourth-order valence-electron chi connectivity index (χ4n) is 2.97. The van der Waals surface area contributed by atoms with E-state index in [-0.39, 0.29) is 6.61 Å². The third-order valence-corrected chi connectivity index (χ3v) is 4.79. The summed E-state index contributed by atoms with van der Waals surface area (Å²) in [6.45, 7) is -0.0730. The number of hydrogen-bond donors (Lipinski definition) is 4. The number of nitrogens with one attached hydrogen (secondary N) is 2. The first-order chi connectivity index (χ1) is 14.4. The van der Waals surface area contributed by atoms with E-state index in [1.54, 1.807) is 18.2 Å². The van der Waals surface area contributed by atoms with Crippen LogP contribution in [0.25, 0.3) is 0 Å². The van der Waals surface area contributed by atoms with Crippen LogP contribution in [0.15, 0.2) is 54.6 Å². The molecule has 0 unspecified atom stereocenters. The molecule has 0 aromatic heterocycles. The van der Waals surface area contributed by atoms with E-state index in [4.69, 9.17) is 16.3 Å². The highest BCUT2D eigenvalue weighted by Crippen LogP contribution is 2.11. The van der Waals surface area contributed by atoms with Gasteiger partial charge in [-0.15, -0.1) is 0 Å². The third kappa shape index (κ3) is 7.80. The molecule has 0 saturated carbocycles. The SMILES string of the molecule is COC[C@@H](NC(=O)c1cccc(Cl)c1)C(=O)N[C@@H](CCCc1ccccc1)B(O)O. The lowest BCUT2D eigenvalue weighted by atomic mass is 9.76. The van der Waals surface area contributed by atoms with Gasteiger partial charge in [-0.05, 0) is 43.0 Å². The van der Waals surface area contributed by atoms with Crippen LogP contribution in [0.3, 0.4) is 0 Å². The molecule has 0 fully saturated rings. The number of hydrogen-bond acceptors (Lipinski definition) is 5. The standard InChI is InChI=1S/C21H26BClN2O5/c1-30-14-18(24-20(26)16-10-6-11-17(23)13-16)21(27)25-19(22(28)29)12-5-9-15-7-3-2-4-8-15/h2-4,6-8,10-11,13,18-19,28-29H,5,9,12,14H2,1H3,(H,24,26)(H,25,27)/t18-,19+/m1/s1. The lowest BCUT2D eigenvalue weighted by Gasteiger charge is -2.23. The number of benzene rings is 2. The molecule has 2 aromatic rings. The van der Waals surface area contributed by atoms with Crippen LogP contribution >= 0.6 is 11.6 Å². The summed E-state index contributed by atoms with van der Waals surface area (Å²) in [5.41, 5.74) is 1.43. The Labute approximate surface area is 181 Å². The molecule has 0 heterocycles. The number of ether oxygens (including phenoxy) is 1. The van der Waals surface area contributed by atoms with E-state index in [9.17, 15) is 19.6 Å². The lowest BCUT2D eigenvalue weighted by molar-refractivity contribution is -0.124. The van der Waals surface area contributed by atoms with Gasteiger partial charge < -0.3 is 25.4 Å². The Hall–Kier alpha value is -2.39. The maximum absolute atomic E-state index is 12.7. The van der Waals surface area contributed by atoms with E-state index < -0.39 is 30.9 Å². The molecule has 4 N–H and O–H groups in total. The monoisotopic (exact) mass is 432 g/mol. The minimum atomic E-state index is -1.73. The van der Waals surface area contributed by atoms with Crippen molar-refractivity contribution in [3.63, 3.8) is 0 Å². The zero-order valence-electron chi connectivity index (χ0n) is 16.8. The van der Waals surface area contributed by atoms with Gasteiger partial charge in [0.05, 0.1) is 12.5 Å². The van der Waals surface area contributed by atoms with Crippen molar-refractivity contribution in [2.24, 2.45) is 0 Å². The first-order valence-corrected chi connectivity index (χ1v) is 10.0. The molecule has 0 aliphatic carbocycles. The number of carbonyl (C=O) groups excluding carboxylic acids is 2. The molecule has 0 spiro atoms. The van der Waals surface area contributed by atoms with Crippen LogP contribution in [0.1, 0.15) is 28.8 Å². The smallest absolute Gasteiger partial charge is 0.426 e. The second kappa shape index (κ2) is 12.3. The molecular formula is C21H26BClN2O5. The van der Waals surface area contributed by atoms with Gasteiger partial charge in [0.1, 0.15) is 6.04 Å². The van der Waals surface area contributed by atoms with E-state index in [0.29, 0.717) is 23.4 Å². The van der Waals surface area contributed by atoms with Crippen molar-refractivity contribution >= 4 is 30.5 Å². The molecule has 2 aromatic carbocycles. The van der Waals surface area contributed by atoms with E-state index in [2.05, 4.69) is 10.6 Å². The lowest BCUT2D eigenvalue weighted by Crippen LogP contribution is -2.55. The van der Waals surface area contributed by atoms with Crippen molar-refractivity contribution in [1.82, 2.24) is 10.6 Å². The molecule has 0 radical (unpaired) electrons. The van der Waals surface area contributed by atoms with Gasteiger partial charge in [0.25, 0.3) is 5.91 Å². The maximum atomic E-state index is 12.7. The van der Waals surface area contributed by atoms with Crippen molar-refractivity contribution in [2.75, 3.05) is 13.7 Å². The Kier molecular flexibility index (Phi) is 9.83. The molecule has 2 rings (SSSR count).